The third-order valence-electron chi connectivity index (χ3n) is 19.6. The number of amides is 1. The topological polar surface area (TPSA) is 213 Å². The fourth-order valence-electron chi connectivity index (χ4n) is 14.2. The summed E-state index contributed by atoms with van der Waals surface area (Å²) in [5.41, 5.74) is 18.6. The number of benzene rings is 5. The smallest absolute Gasteiger partial charge is 0.273 e. The predicted octanol–water partition coefficient (Wildman–Crippen LogP) is 12.7. The van der Waals surface area contributed by atoms with Gasteiger partial charge in [0.2, 0.25) is 17.8 Å². The van der Waals surface area contributed by atoms with Gasteiger partial charge in [0.25, 0.3) is 5.91 Å². The van der Waals surface area contributed by atoms with E-state index in [0.717, 1.165) is 126 Å². The van der Waals surface area contributed by atoms with E-state index >= 15 is 0 Å². The van der Waals surface area contributed by atoms with E-state index in [4.69, 9.17) is 29.2 Å². The largest absolute Gasteiger partial charge is 0.493 e. The molecule has 2 aliphatic carbocycles. The number of nitrogens with one attached hydrogen (secondary N) is 3. The molecule has 3 N–H and O–H groups in total. The number of fused-ring (bicyclic) bond motifs is 7. The Balaban J connectivity index is 0.000000122. The molecule has 510 valence electrons. The number of Topliss-reactive ketones (excluding diaryl/α,β-unsaturated/α-hetero) is 1. The number of nitrogens with zero attached hydrogens (tertiary/aromatic N) is 13. The first-order chi connectivity index (χ1) is 48.4. The second kappa shape index (κ2) is 26.3. The first-order valence-electron chi connectivity index (χ1n) is 33.6. The van der Waals surface area contributed by atoms with Crippen molar-refractivity contribution < 1.29 is 37.0 Å². The van der Waals surface area contributed by atoms with Gasteiger partial charge in [0.1, 0.15) is 46.0 Å². The standard InChI is InChI=1S/C27H28FN5O.C26H23FN4O2.C23H24FN7O2/c1-17-16-33-25(31-17)21(18-4-6-19(7-5-18)27(11-12-27)32(2)3)14-29-26(33)30-15-22-20-10-13-34-24(20)9-8-23(22)28;1-15-14-31-25(30-15)20(17-5-6-18-16(11-17)3-2-4-23(18)32)12-28-26(31)29-13-21-19-9-10-33-24(19)8-7-22(21)27;1-13-12-31-21(27-13)16(19-9-18(28-30(19)4)22(32)29(2)3)11-26-23(31)25-10-15-14-7-8-33-20(14)6-5-17(15)24/h4-9,14,16H,10-13,15H2,1-3H3,(H,29,30);5-8,11-12,14H,2-4,9-10,13H2,1H3,(H,28,29);5-6,9,11-12H,7-8,10H2,1-4H3,(H,25,26). The summed E-state index contributed by atoms with van der Waals surface area (Å²) in [7, 11) is 9.45. The Morgan fingerprint density at radius 1 is 0.540 bits per heavy atom. The molecule has 12 aromatic rings. The van der Waals surface area contributed by atoms with Crippen LogP contribution in [0.2, 0.25) is 0 Å². The van der Waals surface area contributed by atoms with Crippen molar-refractivity contribution in [3.63, 3.8) is 0 Å². The normalized spacial score (nSPS) is 14.5. The molecule has 0 spiro atoms. The number of halogens is 3. The van der Waals surface area contributed by atoms with Gasteiger partial charge in [-0.3, -0.25) is 32.4 Å². The van der Waals surface area contributed by atoms with E-state index < -0.39 is 0 Å². The molecule has 5 aliphatic rings. The van der Waals surface area contributed by atoms with Crippen LogP contribution in [0.25, 0.3) is 50.5 Å². The molecule has 10 heterocycles. The molecule has 1 fully saturated rings. The van der Waals surface area contributed by atoms with Gasteiger partial charge in [-0.15, -0.1) is 0 Å². The van der Waals surface area contributed by atoms with Gasteiger partial charge in [-0.1, -0.05) is 42.5 Å². The number of carbonyl (C=O) groups excluding carboxylic acids is 2. The van der Waals surface area contributed by atoms with Crippen LogP contribution in [0.4, 0.5) is 31.0 Å². The van der Waals surface area contributed by atoms with Crippen LogP contribution in [0, 0.1) is 38.2 Å². The van der Waals surface area contributed by atoms with Crippen molar-refractivity contribution in [1.82, 2.24) is 62.7 Å². The fraction of sp³-hybridized carbons (Fsp3) is 0.303. The van der Waals surface area contributed by atoms with E-state index in [9.17, 15) is 22.8 Å². The van der Waals surface area contributed by atoms with Crippen molar-refractivity contribution in [2.24, 2.45) is 7.05 Å². The Labute approximate surface area is 575 Å². The zero-order chi connectivity index (χ0) is 69.3. The van der Waals surface area contributed by atoms with Crippen molar-refractivity contribution in [1.29, 1.82) is 0 Å². The lowest BCUT2D eigenvalue weighted by Gasteiger charge is -2.24. The molecule has 7 aromatic heterocycles. The highest BCUT2D eigenvalue weighted by atomic mass is 19.1. The van der Waals surface area contributed by atoms with Crippen LogP contribution in [0.1, 0.15) is 108 Å². The molecule has 0 atom stereocenters. The monoisotopic (exact) mass is 1350 g/mol. The highest BCUT2D eigenvalue weighted by molar-refractivity contribution is 5.99. The van der Waals surface area contributed by atoms with Gasteiger partial charge in [-0.25, -0.2) is 43.1 Å². The lowest BCUT2D eigenvalue weighted by molar-refractivity contribution is 0.0820. The summed E-state index contributed by atoms with van der Waals surface area (Å²) in [6, 6.07) is 25.9. The lowest BCUT2D eigenvalue weighted by atomic mass is 9.88. The van der Waals surface area contributed by atoms with E-state index in [0.29, 0.717) is 98.0 Å². The maximum atomic E-state index is 14.6. The molecule has 24 heteroatoms. The minimum Gasteiger partial charge on any atom is -0.493 e. The fourth-order valence-corrected chi connectivity index (χ4v) is 14.2. The highest BCUT2D eigenvalue weighted by Crippen LogP contribution is 2.50. The van der Waals surface area contributed by atoms with Crippen LogP contribution in [0.3, 0.4) is 0 Å². The Kier molecular flexibility index (Phi) is 17.0. The molecule has 21 nitrogen and oxygen atoms in total. The number of hydrogen-bond donors (Lipinski definition) is 3. The van der Waals surface area contributed by atoms with Crippen molar-refractivity contribution in [3.05, 3.63) is 212 Å². The van der Waals surface area contributed by atoms with Gasteiger partial charge < -0.3 is 35.1 Å². The summed E-state index contributed by atoms with van der Waals surface area (Å²) in [5, 5.41) is 14.2. The van der Waals surface area contributed by atoms with E-state index in [1.54, 1.807) is 62.5 Å². The third-order valence-corrected chi connectivity index (χ3v) is 19.6. The number of aryl methyl sites for hydroxylation is 5. The number of anilines is 3. The van der Waals surface area contributed by atoms with Crippen molar-refractivity contribution in [2.75, 3.05) is 64.0 Å². The van der Waals surface area contributed by atoms with Crippen molar-refractivity contribution in [3.8, 4) is 50.8 Å². The molecule has 17 rings (SSSR count). The number of rotatable bonds is 15. The molecule has 0 bridgehead atoms. The van der Waals surface area contributed by atoms with Crippen LogP contribution in [-0.4, -0.2) is 122 Å². The van der Waals surface area contributed by atoms with Gasteiger partial charge in [0.15, 0.2) is 17.1 Å². The van der Waals surface area contributed by atoms with Crippen LogP contribution in [0.5, 0.6) is 17.2 Å². The number of carbonyl (C=O) groups is 2. The van der Waals surface area contributed by atoms with Crippen LogP contribution in [0.15, 0.2) is 122 Å². The summed E-state index contributed by atoms with van der Waals surface area (Å²) >= 11 is 0. The van der Waals surface area contributed by atoms with E-state index in [2.05, 4.69) is 85.3 Å². The molecule has 0 radical (unpaired) electrons. The molecule has 100 heavy (non-hydrogen) atoms. The van der Waals surface area contributed by atoms with Crippen LogP contribution >= 0.6 is 0 Å². The minimum absolute atomic E-state index is 0.181. The average molecular weight is 1350 g/mol. The first kappa shape index (κ1) is 64.8. The maximum absolute atomic E-state index is 14.6. The number of hydrogen-bond acceptors (Lipinski definition) is 16. The molecule has 1 saturated carbocycles. The zero-order valence-electron chi connectivity index (χ0n) is 56.9. The Hall–Kier alpha value is -11.1. The molecule has 0 unspecified atom stereocenters. The van der Waals surface area contributed by atoms with Gasteiger partial charge in [0, 0.05) is 159 Å². The average Bonchev–Trinajstić information content (AvgIpc) is 1.58. The predicted molar refractivity (Wildman–Crippen MR) is 375 cm³/mol. The maximum Gasteiger partial charge on any atom is 0.273 e. The number of ether oxygens (including phenoxy) is 3. The van der Waals surface area contributed by atoms with E-state index in [1.165, 1.54) is 41.5 Å². The van der Waals surface area contributed by atoms with Gasteiger partial charge in [-0.2, -0.15) is 5.10 Å². The summed E-state index contributed by atoms with van der Waals surface area (Å²) < 4.78 is 67.8. The first-order valence-corrected chi connectivity index (χ1v) is 33.6. The van der Waals surface area contributed by atoms with Gasteiger partial charge >= 0.3 is 0 Å². The van der Waals surface area contributed by atoms with Crippen LogP contribution in [-0.2, 0) is 57.9 Å². The second-order valence-electron chi connectivity index (χ2n) is 26.5. The number of ketones is 1. The number of aromatic nitrogens is 11. The van der Waals surface area contributed by atoms with E-state index in [1.807, 2.05) is 70.9 Å². The minimum atomic E-state index is -0.269. The third kappa shape index (κ3) is 12.1. The molecule has 5 aromatic carbocycles. The summed E-state index contributed by atoms with van der Waals surface area (Å²) in [6.45, 7) is 8.44. The second-order valence-corrected chi connectivity index (χ2v) is 26.5. The molecule has 0 saturated heterocycles. The van der Waals surface area contributed by atoms with Crippen molar-refractivity contribution >= 4 is 46.5 Å². The Morgan fingerprint density at radius 2 is 0.980 bits per heavy atom. The summed E-state index contributed by atoms with van der Waals surface area (Å²) in [5.74, 6) is 3.33. The quantitative estimate of drug-likeness (QED) is 0.0871. The highest BCUT2D eigenvalue weighted by Gasteiger charge is 2.46. The molecule has 1 amide bonds. The van der Waals surface area contributed by atoms with Crippen molar-refractivity contribution in [2.45, 2.75) is 97.3 Å². The lowest BCUT2D eigenvalue weighted by Crippen LogP contribution is -2.27. The SMILES string of the molecule is Cc1cn2c(NCc3c(F)ccc4c3CCO4)ncc(-c3cc(C(=O)N(C)C)nn3C)c2n1.Cc1cn2c(NCc3c(F)ccc4c3CCO4)ncc(-c3ccc(C4(N(C)C)CC4)cc3)c2n1.Cc1cn2c(NCc3c(F)ccc4c3CCO4)ncc(-c3ccc4c(c3)CCCC4=O)c2n1. The van der Waals surface area contributed by atoms with Gasteiger partial charge in [0.05, 0.1) is 48.2 Å². The molecular weight excluding hydrogens is 1270 g/mol. The summed E-state index contributed by atoms with van der Waals surface area (Å²) in [4.78, 5) is 56.5. The van der Waals surface area contributed by atoms with Crippen LogP contribution < -0.4 is 30.2 Å². The van der Waals surface area contributed by atoms with Gasteiger partial charge in [-0.05, 0) is 125 Å². The number of imidazole rings is 3. The summed E-state index contributed by atoms with van der Waals surface area (Å²) in [6.07, 6.45) is 18.0. The zero-order valence-corrected chi connectivity index (χ0v) is 56.9. The molecule has 3 aliphatic heterocycles. The Morgan fingerprint density at radius 3 is 1.43 bits per heavy atom. The van der Waals surface area contributed by atoms with E-state index in [-0.39, 0.29) is 41.2 Å². The molecular formula is C76H75F3N16O5. The Bertz CT molecular complexity index is 5230.